The van der Waals surface area contributed by atoms with Crippen molar-refractivity contribution in [1.82, 2.24) is 14.9 Å². The summed E-state index contributed by atoms with van der Waals surface area (Å²) in [7, 11) is 1.93. The Morgan fingerprint density at radius 1 is 1.39 bits per heavy atom. The molecule has 0 fully saturated rings. The van der Waals surface area contributed by atoms with Crippen LogP contribution in [0.15, 0.2) is 33.8 Å². The minimum atomic E-state index is 0.0331. The number of benzene rings is 1. The van der Waals surface area contributed by atoms with Crippen molar-refractivity contribution in [3.8, 4) is 0 Å². The molecule has 2 aromatic rings. The van der Waals surface area contributed by atoms with Gasteiger partial charge >= 0.3 is 0 Å². The second-order valence-electron chi connectivity index (χ2n) is 4.22. The number of aromatic nitrogens is 2. The zero-order valence-corrected chi connectivity index (χ0v) is 11.9. The van der Waals surface area contributed by atoms with E-state index in [4.69, 9.17) is 0 Å². The molecule has 1 N–H and O–H groups in total. The number of rotatable bonds is 5. The van der Waals surface area contributed by atoms with Crippen LogP contribution in [0, 0.1) is 0 Å². The highest BCUT2D eigenvalue weighted by Crippen LogP contribution is 2.14. The number of unbranched alkanes of at least 4 members (excludes halogenated alkanes) is 1. The Labute approximate surface area is 114 Å². The third-order valence-electron chi connectivity index (χ3n) is 2.86. The van der Waals surface area contributed by atoms with Gasteiger partial charge in [0, 0.05) is 11.0 Å². The number of hydrogen-bond donors (Lipinski definition) is 1. The molecule has 2 rings (SSSR count). The van der Waals surface area contributed by atoms with Crippen molar-refractivity contribution in [2.24, 2.45) is 0 Å². The van der Waals surface area contributed by atoms with Crippen LogP contribution in [0.25, 0.3) is 10.9 Å². The molecule has 0 radical (unpaired) electrons. The van der Waals surface area contributed by atoms with Crippen molar-refractivity contribution in [2.45, 2.75) is 19.4 Å². The largest absolute Gasteiger partial charge is 0.320 e. The van der Waals surface area contributed by atoms with E-state index in [9.17, 15) is 4.79 Å². The van der Waals surface area contributed by atoms with Crippen LogP contribution in [0.2, 0.25) is 0 Å². The maximum atomic E-state index is 12.2. The van der Waals surface area contributed by atoms with E-state index in [0.717, 1.165) is 35.9 Å². The molecule has 0 aliphatic rings. The Bertz CT molecular complexity index is 594. The Kier molecular flexibility index (Phi) is 4.49. The Morgan fingerprint density at radius 3 is 3.00 bits per heavy atom. The zero-order valence-electron chi connectivity index (χ0n) is 10.3. The minimum absolute atomic E-state index is 0.0331. The summed E-state index contributed by atoms with van der Waals surface area (Å²) < 4.78 is 2.59. The summed E-state index contributed by atoms with van der Waals surface area (Å²) in [6.45, 7) is 1.69. The van der Waals surface area contributed by atoms with E-state index in [1.807, 2.05) is 25.2 Å². The molecule has 96 valence electrons. The lowest BCUT2D eigenvalue weighted by Crippen LogP contribution is -2.21. The molecule has 1 aromatic heterocycles. The quantitative estimate of drug-likeness (QED) is 0.861. The Morgan fingerprint density at radius 2 is 2.22 bits per heavy atom. The summed E-state index contributed by atoms with van der Waals surface area (Å²) in [6.07, 6.45) is 3.67. The summed E-state index contributed by atoms with van der Waals surface area (Å²) in [5.41, 5.74) is 0.778. The van der Waals surface area contributed by atoms with E-state index in [0.29, 0.717) is 5.39 Å². The standard InChI is InChI=1S/C13H16BrN3O/c1-15-6-2-3-7-17-9-16-12-5-4-10(14)8-11(12)13(17)18/h4-5,8-9,15H,2-3,6-7H2,1H3. The average molecular weight is 310 g/mol. The van der Waals surface area contributed by atoms with Crippen LogP contribution in [0.5, 0.6) is 0 Å². The van der Waals surface area contributed by atoms with E-state index in [2.05, 4.69) is 26.2 Å². The topological polar surface area (TPSA) is 46.9 Å². The summed E-state index contributed by atoms with van der Waals surface area (Å²) in [6, 6.07) is 5.58. The molecule has 18 heavy (non-hydrogen) atoms. The normalized spacial score (nSPS) is 11.0. The number of aryl methyl sites for hydroxylation is 1. The van der Waals surface area contributed by atoms with Crippen molar-refractivity contribution >= 4 is 26.8 Å². The van der Waals surface area contributed by atoms with Crippen LogP contribution in [-0.2, 0) is 6.54 Å². The number of fused-ring (bicyclic) bond motifs is 1. The fourth-order valence-electron chi connectivity index (χ4n) is 1.87. The van der Waals surface area contributed by atoms with E-state index < -0.39 is 0 Å². The Balaban J connectivity index is 2.24. The van der Waals surface area contributed by atoms with Crippen molar-refractivity contribution in [2.75, 3.05) is 13.6 Å². The van der Waals surface area contributed by atoms with Gasteiger partial charge < -0.3 is 5.32 Å². The molecule has 1 heterocycles. The van der Waals surface area contributed by atoms with Crippen molar-refractivity contribution < 1.29 is 0 Å². The molecule has 1 aromatic carbocycles. The molecular weight excluding hydrogens is 294 g/mol. The summed E-state index contributed by atoms with van der Waals surface area (Å²) >= 11 is 3.38. The summed E-state index contributed by atoms with van der Waals surface area (Å²) in [5.74, 6) is 0. The number of nitrogens with zero attached hydrogens (tertiary/aromatic N) is 2. The molecule has 0 saturated heterocycles. The maximum Gasteiger partial charge on any atom is 0.261 e. The predicted octanol–water partition coefficient (Wildman–Crippen LogP) is 2.16. The fraction of sp³-hybridized carbons (Fsp3) is 0.385. The maximum absolute atomic E-state index is 12.2. The van der Waals surface area contributed by atoms with Gasteiger partial charge in [0.05, 0.1) is 17.2 Å². The fourth-order valence-corrected chi connectivity index (χ4v) is 2.24. The first-order valence-electron chi connectivity index (χ1n) is 6.01. The highest BCUT2D eigenvalue weighted by molar-refractivity contribution is 9.10. The van der Waals surface area contributed by atoms with Gasteiger partial charge in [-0.3, -0.25) is 9.36 Å². The van der Waals surface area contributed by atoms with Crippen LogP contribution < -0.4 is 10.9 Å². The summed E-state index contributed by atoms with van der Waals surface area (Å²) in [4.78, 5) is 16.5. The molecule has 0 spiro atoms. The number of hydrogen-bond acceptors (Lipinski definition) is 3. The predicted molar refractivity (Wildman–Crippen MR) is 76.9 cm³/mol. The van der Waals surface area contributed by atoms with Crippen molar-refractivity contribution in [3.63, 3.8) is 0 Å². The van der Waals surface area contributed by atoms with Gasteiger partial charge in [-0.1, -0.05) is 15.9 Å². The lowest BCUT2D eigenvalue weighted by atomic mass is 10.2. The third-order valence-corrected chi connectivity index (χ3v) is 3.36. The van der Waals surface area contributed by atoms with Gasteiger partial charge in [0.25, 0.3) is 5.56 Å². The third kappa shape index (κ3) is 2.97. The average Bonchev–Trinajstić information content (AvgIpc) is 2.38. The van der Waals surface area contributed by atoms with E-state index in [-0.39, 0.29) is 5.56 Å². The van der Waals surface area contributed by atoms with Gasteiger partial charge in [0.15, 0.2) is 0 Å². The van der Waals surface area contributed by atoms with E-state index in [1.54, 1.807) is 10.9 Å². The molecule has 5 heteroatoms. The van der Waals surface area contributed by atoms with Crippen LogP contribution in [0.1, 0.15) is 12.8 Å². The molecule has 0 amide bonds. The van der Waals surface area contributed by atoms with Gasteiger partial charge in [0.1, 0.15) is 0 Å². The zero-order chi connectivity index (χ0) is 13.0. The van der Waals surface area contributed by atoms with Gasteiger partial charge in [-0.25, -0.2) is 4.98 Å². The molecular formula is C13H16BrN3O. The van der Waals surface area contributed by atoms with Crippen LogP contribution in [0.4, 0.5) is 0 Å². The highest BCUT2D eigenvalue weighted by atomic mass is 79.9. The molecule has 0 unspecified atom stereocenters. The molecule has 0 aliphatic carbocycles. The SMILES string of the molecule is CNCCCCn1cnc2ccc(Br)cc2c1=O. The Hall–Kier alpha value is -1.20. The minimum Gasteiger partial charge on any atom is -0.320 e. The number of halogens is 1. The molecule has 0 saturated carbocycles. The molecule has 0 atom stereocenters. The first-order chi connectivity index (χ1) is 8.72. The van der Waals surface area contributed by atoms with Gasteiger partial charge in [-0.2, -0.15) is 0 Å². The van der Waals surface area contributed by atoms with Crippen molar-refractivity contribution in [1.29, 1.82) is 0 Å². The smallest absolute Gasteiger partial charge is 0.261 e. The lowest BCUT2D eigenvalue weighted by molar-refractivity contribution is 0.575. The first kappa shape index (κ1) is 13.2. The van der Waals surface area contributed by atoms with Crippen LogP contribution >= 0.6 is 15.9 Å². The monoisotopic (exact) mass is 309 g/mol. The van der Waals surface area contributed by atoms with Gasteiger partial charge in [0.2, 0.25) is 0 Å². The van der Waals surface area contributed by atoms with Crippen LogP contribution in [0.3, 0.4) is 0 Å². The highest BCUT2D eigenvalue weighted by Gasteiger charge is 2.04. The summed E-state index contributed by atoms with van der Waals surface area (Å²) in [5, 5.41) is 3.76. The molecule has 4 nitrogen and oxygen atoms in total. The molecule has 0 aliphatic heterocycles. The van der Waals surface area contributed by atoms with E-state index in [1.165, 1.54) is 0 Å². The molecule has 0 bridgehead atoms. The van der Waals surface area contributed by atoms with Crippen molar-refractivity contribution in [3.05, 3.63) is 39.4 Å². The second kappa shape index (κ2) is 6.11. The first-order valence-corrected chi connectivity index (χ1v) is 6.81. The number of nitrogens with one attached hydrogen (secondary N) is 1. The lowest BCUT2D eigenvalue weighted by Gasteiger charge is -2.06. The van der Waals surface area contributed by atoms with E-state index >= 15 is 0 Å². The second-order valence-corrected chi connectivity index (χ2v) is 5.13. The van der Waals surface area contributed by atoms with Gasteiger partial charge in [-0.15, -0.1) is 0 Å². The van der Waals surface area contributed by atoms with Gasteiger partial charge in [-0.05, 0) is 44.6 Å². The van der Waals surface area contributed by atoms with Crippen LogP contribution in [-0.4, -0.2) is 23.1 Å².